The van der Waals surface area contributed by atoms with Gasteiger partial charge in [0.25, 0.3) is 0 Å². The first-order valence-electron chi connectivity index (χ1n) is 8.05. The van der Waals surface area contributed by atoms with Crippen LogP contribution < -0.4 is 0 Å². The summed E-state index contributed by atoms with van der Waals surface area (Å²) in [5.41, 5.74) is 7.86. The highest BCUT2D eigenvalue weighted by Gasteiger charge is 2.02. The molecule has 128 valence electrons. The van der Waals surface area contributed by atoms with Crippen LogP contribution in [0.1, 0.15) is 22.8 Å². The van der Waals surface area contributed by atoms with E-state index < -0.39 is 0 Å². The van der Waals surface area contributed by atoms with Gasteiger partial charge in [-0.3, -0.25) is 10.5 Å². The van der Waals surface area contributed by atoms with Gasteiger partial charge in [-0.15, -0.1) is 0 Å². The molecule has 0 saturated heterocycles. The van der Waals surface area contributed by atoms with Crippen LogP contribution in [0.3, 0.4) is 0 Å². The minimum Gasteiger partial charge on any atom is -0.355 e. The summed E-state index contributed by atoms with van der Waals surface area (Å²) in [6, 6.07) is 16.4. The molecule has 0 radical (unpaired) electrons. The van der Waals surface area contributed by atoms with E-state index in [-0.39, 0.29) is 0 Å². The van der Waals surface area contributed by atoms with E-state index in [1.165, 1.54) is 0 Å². The van der Waals surface area contributed by atoms with Crippen molar-refractivity contribution in [3.63, 3.8) is 0 Å². The summed E-state index contributed by atoms with van der Waals surface area (Å²) in [5.74, 6) is 0. The zero-order chi connectivity index (χ0) is 17.9. The van der Waals surface area contributed by atoms with Gasteiger partial charge >= 0.3 is 0 Å². The quantitative estimate of drug-likeness (QED) is 0.242. The molecular weight excluding hydrogens is 328 g/mol. The molecule has 4 N–H and O–H groups in total. The number of aromatic amines is 2. The topological polar surface area (TPSA) is 97.8 Å². The van der Waals surface area contributed by atoms with E-state index in [0.717, 1.165) is 44.8 Å². The lowest BCUT2D eigenvalue weighted by atomic mass is 10.3. The standard InChI is InChI=1S/C20H14N4.H2O2/c1-2-14-10-16-5-6-18(23-16)12-20-8-7-19(24-20)11-17-4-3-15(22-17)9-13(1)21-14;1-2/h1-12,21-22H;1-2H. The average Bonchev–Trinajstić information content (AvgIpc) is 3.42. The zero-order valence-electron chi connectivity index (χ0n) is 13.7. The second-order valence-corrected chi connectivity index (χ2v) is 5.91. The maximum absolute atomic E-state index is 6.00. The van der Waals surface area contributed by atoms with Crippen LogP contribution in [-0.4, -0.2) is 30.5 Å². The fourth-order valence-corrected chi connectivity index (χ4v) is 2.94. The number of nitrogens with zero attached hydrogens (tertiary/aromatic N) is 2. The number of aromatic nitrogens is 4. The van der Waals surface area contributed by atoms with Crippen molar-refractivity contribution in [3.05, 3.63) is 71.3 Å². The van der Waals surface area contributed by atoms with Crippen molar-refractivity contribution in [1.82, 2.24) is 19.9 Å². The maximum Gasteiger partial charge on any atom is 0.0659 e. The van der Waals surface area contributed by atoms with Gasteiger partial charge in [0.15, 0.2) is 0 Å². The lowest BCUT2D eigenvalue weighted by molar-refractivity contribution is -0.176. The van der Waals surface area contributed by atoms with Gasteiger partial charge in [-0.1, -0.05) is 0 Å². The zero-order valence-corrected chi connectivity index (χ0v) is 13.7. The van der Waals surface area contributed by atoms with E-state index in [1.807, 2.05) is 42.5 Å². The molecule has 0 saturated carbocycles. The highest BCUT2D eigenvalue weighted by Crippen LogP contribution is 2.17. The summed E-state index contributed by atoms with van der Waals surface area (Å²) < 4.78 is 0. The Bertz CT molecular complexity index is 1080. The maximum atomic E-state index is 6.00. The summed E-state index contributed by atoms with van der Waals surface area (Å²) in [7, 11) is 0. The Kier molecular flexibility index (Phi) is 4.18. The van der Waals surface area contributed by atoms with Crippen molar-refractivity contribution in [2.75, 3.05) is 0 Å². The fourth-order valence-electron chi connectivity index (χ4n) is 2.94. The summed E-state index contributed by atoms with van der Waals surface area (Å²) in [6.07, 6.45) is 8.05. The molecule has 0 unspecified atom stereocenters. The minimum absolute atomic E-state index is 0.915. The molecule has 0 spiro atoms. The molecule has 0 fully saturated rings. The van der Waals surface area contributed by atoms with Crippen LogP contribution >= 0.6 is 0 Å². The number of fused-ring (bicyclic) bond motifs is 8. The van der Waals surface area contributed by atoms with E-state index >= 15 is 0 Å². The second-order valence-electron chi connectivity index (χ2n) is 5.91. The number of rotatable bonds is 0. The molecule has 0 aromatic carbocycles. The van der Waals surface area contributed by atoms with Crippen LogP contribution in [0.15, 0.2) is 48.5 Å². The molecule has 6 nitrogen and oxygen atoms in total. The van der Waals surface area contributed by atoms with E-state index in [1.54, 1.807) is 0 Å². The molecule has 26 heavy (non-hydrogen) atoms. The van der Waals surface area contributed by atoms with Gasteiger partial charge in [0.2, 0.25) is 0 Å². The molecule has 0 atom stereocenters. The SMILES string of the molecule is C1=Cc2cc3ccc(cc4ccc(cc5nc(cc1n2)C=C5)[nH]4)[nH]3.OO. The number of hydrogen-bond donors (Lipinski definition) is 4. The monoisotopic (exact) mass is 344 g/mol. The molecule has 0 amide bonds. The van der Waals surface area contributed by atoms with Crippen molar-refractivity contribution < 1.29 is 10.5 Å². The van der Waals surface area contributed by atoms with Gasteiger partial charge < -0.3 is 9.97 Å². The van der Waals surface area contributed by atoms with E-state index in [0.29, 0.717) is 0 Å². The van der Waals surface area contributed by atoms with E-state index in [9.17, 15) is 0 Å². The largest absolute Gasteiger partial charge is 0.355 e. The summed E-state index contributed by atoms with van der Waals surface area (Å²) >= 11 is 0. The van der Waals surface area contributed by atoms with Crippen LogP contribution in [0.2, 0.25) is 0 Å². The molecule has 0 aliphatic carbocycles. The van der Waals surface area contributed by atoms with Crippen molar-refractivity contribution in [2.45, 2.75) is 0 Å². The molecule has 5 rings (SSSR count). The molecule has 3 aromatic heterocycles. The Morgan fingerprint density at radius 2 is 0.846 bits per heavy atom. The first kappa shape index (κ1) is 16.0. The minimum atomic E-state index is 0.915. The van der Waals surface area contributed by atoms with Gasteiger partial charge in [0, 0.05) is 22.1 Å². The third-order valence-corrected chi connectivity index (χ3v) is 4.04. The number of hydrogen-bond acceptors (Lipinski definition) is 4. The lowest BCUT2D eigenvalue weighted by Crippen LogP contribution is -1.77. The normalized spacial score (nSPS) is 11.9. The summed E-state index contributed by atoms with van der Waals surface area (Å²) in [4.78, 5) is 16.0. The molecule has 2 aliphatic heterocycles. The molecule has 3 aromatic rings. The van der Waals surface area contributed by atoms with Crippen LogP contribution in [0.5, 0.6) is 0 Å². The smallest absolute Gasteiger partial charge is 0.0659 e. The van der Waals surface area contributed by atoms with Gasteiger partial charge in [0.1, 0.15) is 0 Å². The third kappa shape index (κ3) is 3.32. The van der Waals surface area contributed by atoms with Crippen LogP contribution in [0.4, 0.5) is 0 Å². The van der Waals surface area contributed by atoms with Crippen molar-refractivity contribution in [1.29, 1.82) is 0 Å². The molecule has 8 bridgehead atoms. The lowest BCUT2D eigenvalue weighted by Gasteiger charge is -1.86. The highest BCUT2D eigenvalue weighted by molar-refractivity contribution is 5.77. The Balaban J connectivity index is 0.000000814. The second kappa shape index (κ2) is 6.79. The molecule has 6 heteroatoms. The van der Waals surface area contributed by atoms with Gasteiger partial charge in [0.05, 0.1) is 22.8 Å². The highest BCUT2D eigenvalue weighted by atomic mass is 17.0. The Hall–Kier alpha value is -3.48. The van der Waals surface area contributed by atoms with Gasteiger partial charge in [-0.2, -0.15) is 0 Å². The van der Waals surface area contributed by atoms with Crippen molar-refractivity contribution >= 4 is 46.4 Å². The van der Waals surface area contributed by atoms with Crippen LogP contribution in [-0.2, 0) is 0 Å². The van der Waals surface area contributed by atoms with Crippen molar-refractivity contribution in [3.8, 4) is 0 Å². The Morgan fingerprint density at radius 3 is 1.27 bits per heavy atom. The fraction of sp³-hybridized carbons (Fsp3) is 0. The average molecular weight is 344 g/mol. The first-order valence-corrected chi connectivity index (χ1v) is 8.05. The van der Waals surface area contributed by atoms with Crippen LogP contribution in [0, 0.1) is 0 Å². The molecular formula is C20H16N4O2. The van der Waals surface area contributed by atoms with Gasteiger partial charge in [-0.05, 0) is 72.8 Å². The predicted molar refractivity (Wildman–Crippen MR) is 104 cm³/mol. The molecule has 5 heterocycles. The van der Waals surface area contributed by atoms with Gasteiger partial charge in [-0.25, -0.2) is 9.97 Å². The van der Waals surface area contributed by atoms with E-state index in [2.05, 4.69) is 50.3 Å². The van der Waals surface area contributed by atoms with E-state index in [4.69, 9.17) is 10.5 Å². The first-order chi connectivity index (χ1) is 12.8. The Labute approximate surface area is 148 Å². The summed E-state index contributed by atoms with van der Waals surface area (Å²) in [5, 5.41) is 12.0. The summed E-state index contributed by atoms with van der Waals surface area (Å²) in [6.45, 7) is 0. The Morgan fingerprint density at radius 1 is 0.500 bits per heavy atom. The molecule has 2 aliphatic rings. The third-order valence-electron chi connectivity index (χ3n) is 4.04. The van der Waals surface area contributed by atoms with Crippen molar-refractivity contribution in [2.24, 2.45) is 0 Å². The predicted octanol–water partition coefficient (Wildman–Crippen LogP) is 4.67. The van der Waals surface area contributed by atoms with Crippen LogP contribution in [0.25, 0.3) is 46.4 Å². The number of H-pyrrole nitrogens is 2. The number of nitrogens with one attached hydrogen (secondary N) is 2.